The highest BCUT2D eigenvalue weighted by Gasteiger charge is 2.39. The first-order valence-electron chi connectivity index (χ1n) is 16.0. The monoisotopic (exact) mass is 656 g/mol. The van der Waals surface area contributed by atoms with Gasteiger partial charge in [0, 0.05) is 36.5 Å². The van der Waals surface area contributed by atoms with Gasteiger partial charge in [-0.25, -0.2) is 4.79 Å². The maximum Gasteiger partial charge on any atom is 0.416 e. The standard InChI is InChI=1S/C39H39F3N2O4/c1-38(2,3)37(48)43-23-7-10-33(43)25-44(34(36(46)47)24-26-11-13-28(14-12-26)27-8-5-4-6-9-27)35(45)31-17-15-29(16-18-31)30-19-21-32(22-20-30)39(40,41)42/h4-6,8-9,11-22,33-34H,7,10,23-25H2,1-3H3,(H,46,47)/t33-,34-/m0/s1. The Kier molecular flexibility index (Phi) is 10.1. The second-order valence-corrected chi connectivity index (χ2v) is 13.3. The first kappa shape index (κ1) is 34.4. The molecule has 0 spiro atoms. The molecule has 5 rings (SSSR count). The summed E-state index contributed by atoms with van der Waals surface area (Å²) in [6, 6.07) is 27.0. The highest BCUT2D eigenvalue weighted by Crippen LogP contribution is 2.32. The largest absolute Gasteiger partial charge is 0.480 e. The Morgan fingerprint density at radius 3 is 1.83 bits per heavy atom. The highest BCUT2D eigenvalue weighted by atomic mass is 19.4. The molecule has 2 atom stereocenters. The number of aliphatic carboxylic acids is 1. The fraction of sp³-hybridized carbons (Fsp3) is 0.308. The van der Waals surface area contributed by atoms with Gasteiger partial charge in [-0.2, -0.15) is 13.2 Å². The number of carbonyl (C=O) groups is 3. The molecule has 4 aromatic carbocycles. The van der Waals surface area contributed by atoms with Crippen molar-refractivity contribution >= 4 is 17.8 Å². The topological polar surface area (TPSA) is 77.9 Å². The molecule has 250 valence electrons. The van der Waals surface area contributed by atoms with E-state index < -0.39 is 35.1 Å². The Bertz CT molecular complexity index is 1730. The molecule has 1 aliphatic rings. The number of rotatable bonds is 9. The zero-order chi connectivity index (χ0) is 34.6. The lowest BCUT2D eigenvalue weighted by Gasteiger charge is -2.36. The Morgan fingerprint density at radius 2 is 1.31 bits per heavy atom. The van der Waals surface area contributed by atoms with Crippen molar-refractivity contribution in [2.45, 2.75) is 58.3 Å². The Balaban J connectivity index is 1.44. The van der Waals surface area contributed by atoms with Crippen molar-refractivity contribution < 1.29 is 32.7 Å². The lowest BCUT2D eigenvalue weighted by Crippen LogP contribution is -2.53. The molecule has 1 aliphatic heterocycles. The van der Waals surface area contributed by atoms with Crippen LogP contribution in [0.15, 0.2) is 103 Å². The number of halogens is 3. The van der Waals surface area contributed by atoms with Crippen LogP contribution in [0.25, 0.3) is 22.3 Å². The predicted octanol–water partition coefficient (Wildman–Crippen LogP) is 8.21. The number of hydrogen-bond donors (Lipinski definition) is 1. The molecule has 6 nitrogen and oxygen atoms in total. The minimum Gasteiger partial charge on any atom is -0.480 e. The smallest absolute Gasteiger partial charge is 0.416 e. The van der Waals surface area contributed by atoms with Crippen molar-refractivity contribution in [2.24, 2.45) is 5.41 Å². The molecule has 0 bridgehead atoms. The fourth-order valence-electron chi connectivity index (χ4n) is 6.14. The molecule has 2 amide bonds. The van der Waals surface area contributed by atoms with E-state index in [2.05, 4.69) is 0 Å². The SMILES string of the molecule is CC(C)(C)C(=O)N1CCC[C@H]1CN(C(=O)c1ccc(-c2ccc(C(F)(F)F)cc2)cc1)[C@@H](Cc1ccc(-c2ccccc2)cc1)C(=O)O. The highest BCUT2D eigenvalue weighted by molar-refractivity contribution is 5.97. The number of carboxylic acid groups (broad SMARTS) is 1. The molecule has 9 heteroatoms. The van der Waals surface area contributed by atoms with Gasteiger partial charge < -0.3 is 14.9 Å². The number of likely N-dealkylation sites (tertiary alicyclic amines) is 1. The molecule has 0 radical (unpaired) electrons. The zero-order valence-electron chi connectivity index (χ0n) is 27.2. The van der Waals surface area contributed by atoms with Crippen LogP contribution in [-0.2, 0) is 22.2 Å². The average molecular weight is 657 g/mol. The number of nitrogens with zero attached hydrogens (tertiary/aromatic N) is 2. The van der Waals surface area contributed by atoms with E-state index in [9.17, 15) is 32.7 Å². The second kappa shape index (κ2) is 14.1. The Hall–Kier alpha value is -4.92. The van der Waals surface area contributed by atoms with E-state index in [1.807, 2.05) is 75.4 Å². The van der Waals surface area contributed by atoms with Crippen LogP contribution in [0.4, 0.5) is 13.2 Å². The summed E-state index contributed by atoms with van der Waals surface area (Å²) >= 11 is 0. The maximum absolute atomic E-state index is 14.2. The lowest BCUT2D eigenvalue weighted by molar-refractivity contribution is -0.143. The van der Waals surface area contributed by atoms with Gasteiger partial charge in [-0.15, -0.1) is 0 Å². The number of carboxylic acids is 1. The average Bonchev–Trinajstić information content (AvgIpc) is 3.53. The van der Waals surface area contributed by atoms with Crippen molar-refractivity contribution in [2.75, 3.05) is 13.1 Å². The summed E-state index contributed by atoms with van der Waals surface area (Å²) in [5, 5.41) is 10.5. The number of carbonyl (C=O) groups excluding carboxylic acids is 2. The van der Waals surface area contributed by atoms with Crippen LogP contribution in [0.1, 0.15) is 55.1 Å². The van der Waals surface area contributed by atoms with Gasteiger partial charge in [-0.1, -0.05) is 99.6 Å². The van der Waals surface area contributed by atoms with Gasteiger partial charge in [0.2, 0.25) is 5.91 Å². The minimum absolute atomic E-state index is 0.0420. The van der Waals surface area contributed by atoms with E-state index in [0.717, 1.165) is 35.2 Å². The van der Waals surface area contributed by atoms with Crippen LogP contribution in [-0.4, -0.2) is 57.9 Å². The number of amides is 2. The summed E-state index contributed by atoms with van der Waals surface area (Å²) in [7, 11) is 0. The van der Waals surface area contributed by atoms with E-state index in [1.54, 1.807) is 29.2 Å². The van der Waals surface area contributed by atoms with Gasteiger partial charge in [0.15, 0.2) is 0 Å². The molecule has 0 unspecified atom stereocenters. The fourth-order valence-corrected chi connectivity index (χ4v) is 6.14. The van der Waals surface area contributed by atoms with Crippen LogP contribution >= 0.6 is 0 Å². The third-order valence-electron chi connectivity index (χ3n) is 8.78. The Labute approximate surface area is 278 Å². The van der Waals surface area contributed by atoms with Crippen molar-refractivity contribution in [1.82, 2.24) is 9.80 Å². The molecule has 1 heterocycles. The molecule has 1 fully saturated rings. The number of hydrogen-bond acceptors (Lipinski definition) is 3. The molecular weight excluding hydrogens is 617 g/mol. The van der Waals surface area contributed by atoms with Gasteiger partial charge in [-0.3, -0.25) is 9.59 Å². The first-order valence-corrected chi connectivity index (χ1v) is 16.0. The van der Waals surface area contributed by atoms with Gasteiger partial charge in [0.1, 0.15) is 6.04 Å². The van der Waals surface area contributed by atoms with Crippen LogP contribution < -0.4 is 0 Å². The van der Waals surface area contributed by atoms with E-state index >= 15 is 0 Å². The molecular formula is C39H39F3N2O4. The molecule has 0 saturated carbocycles. The third kappa shape index (κ3) is 7.95. The van der Waals surface area contributed by atoms with Crippen LogP contribution in [0.3, 0.4) is 0 Å². The minimum atomic E-state index is -4.45. The molecule has 48 heavy (non-hydrogen) atoms. The van der Waals surface area contributed by atoms with E-state index in [-0.39, 0.29) is 30.5 Å². The Morgan fingerprint density at radius 1 is 0.792 bits per heavy atom. The molecule has 0 aromatic heterocycles. The third-order valence-corrected chi connectivity index (χ3v) is 8.78. The number of alkyl halides is 3. The summed E-state index contributed by atoms with van der Waals surface area (Å²) in [4.78, 5) is 43.6. The first-order chi connectivity index (χ1) is 22.7. The second-order valence-electron chi connectivity index (χ2n) is 13.3. The molecule has 4 aromatic rings. The molecule has 0 aliphatic carbocycles. The van der Waals surface area contributed by atoms with E-state index in [0.29, 0.717) is 24.1 Å². The normalized spacial score (nSPS) is 15.6. The summed E-state index contributed by atoms with van der Waals surface area (Å²) < 4.78 is 39.2. The molecule has 1 N–H and O–H groups in total. The van der Waals surface area contributed by atoms with Crippen molar-refractivity contribution in [3.63, 3.8) is 0 Å². The van der Waals surface area contributed by atoms with Crippen molar-refractivity contribution in [3.05, 3.63) is 120 Å². The van der Waals surface area contributed by atoms with Gasteiger partial charge in [-0.05, 0) is 64.9 Å². The molecule has 1 saturated heterocycles. The predicted molar refractivity (Wildman–Crippen MR) is 179 cm³/mol. The van der Waals surface area contributed by atoms with Crippen molar-refractivity contribution in [3.8, 4) is 22.3 Å². The van der Waals surface area contributed by atoms with Crippen LogP contribution in [0, 0.1) is 5.41 Å². The summed E-state index contributed by atoms with van der Waals surface area (Å²) in [6.07, 6.45) is -3.01. The van der Waals surface area contributed by atoms with Gasteiger partial charge in [0.05, 0.1) is 5.56 Å². The van der Waals surface area contributed by atoms with Crippen LogP contribution in [0.2, 0.25) is 0 Å². The van der Waals surface area contributed by atoms with E-state index in [1.165, 1.54) is 17.0 Å². The zero-order valence-corrected chi connectivity index (χ0v) is 27.2. The maximum atomic E-state index is 14.2. The van der Waals surface area contributed by atoms with Crippen molar-refractivity contribution in [1.29, 1.82) is 0 Å². The quantitative estimate of drug-likeness (QED) is 0.197. The van der Waals surface area contributed by atoms with E-state index in [4.69, 9.17) is 0 Å². The summed E-state index contributed by atoms with van der Waals surface area (Å²) in [5.74, 6) is -1.72. The lowest BCUT2D eigenvalue weighted by atomic mass is 9.94. The van der Waals surface area contributed by atoms with Crippen LogP contribution in [0.5, 0.6) is 0 Å². The number of benzene rings is 4. The van der Waals surface area contributed by atoms with Gasteiger partial charge in [0.25, 0.3) is 5.91 Å². The van der Waals surface area contributed by atoms with Gasteiger partial charge >= 0.3 is 12.1 Å². The summed E-state index contributed by atoms with van der Waals surface area (Å²) in [6.45, 7) is 6.09. The summed E-state index contributed by atoms with van der Waals surface area (Å²) in [5.41, 5.74) is 2.75.